The fourth-order valence-electron chi connectivity index (χ4n) is 3.95. The van der Waals surface area contributed by atoms with E-state index < -0.39 is 0 Å². The molecule has 3 atom stereocenters. The summed E-state index contributed by atoms with van der Waals surface area (Å²) in [5.41, 5.74) is 3.79. The van der Waals surface area contributed by atoms with Gasteiger partial charge >= 0.3 is 5.97 Å². The number of fused-ring (bicyclic) bond motifs is 2. The molecule has 2 saturated carbocycles. The van der Waals surface area contributed by atoms with Crippen molar-refractivity contribution in [2.24, 2.45) is 11.3 Å². The van der Waals surface area contributed by atoms with Crippen LogP contribution in [0.15, 0.2) is 23.3 Å². The SMILES string of the molecule is C=C1CCC[C@]2(C)C[C@H]3OC(=O)C(C)=C3C[C@H]12. The lowest BCUT2D eigenvalue weighted by Crippen LogP contribution is -2.41. The Morgan fingerprint density at radius 1 is 1.47 bits per heavy atom. The zero-order valence-corrected chi connectivity index (χ0v) is 10.7. The minimum absolute atomic E-state index is 0.0645. The van der Waals surface area contributed by atoms with E-state index in [1.54, 1.807) is 0 Å². The van der Waals surface area contributed by atoms with E-state index in [1.807, 2.05) is 6.92 Å². The second-order valence-corrected chi connectivity index (χ2v) is 6.17. The Hall–Kier alpha value is -1.05. The lowest BCUT2D eigenvalue weighted by Gasteiger charge is -2.48. The molecule has 0 spiro atoms. The zero-order valence-electron chi connectivity index (χ0n) is 10.7. The van der Waals surface area contributed by atoms with E-state index >= 15 is 0 Å². The first-order valence-corrected chi connectivity index (χ1v) is 6.59. The van der Waals surface area contributed by atoms with E-state index in [-0.39, 0.29) is 12.1 Å². The van der Waals surface area contributed by atoms with Crippen LogP contribution in [0.2, 0.25) is 0 Å². The summed E-state index contributed by atoms with van der Waals surface area (Å²) in [7, 11) is 0. The van der Waals surface area contributed by atoms with Gasteiger partial charge in [0.15, 0.2) is 0 Å². The van der Waals surface area contributed by atoms with E-state index in [9.17, 15) is 4.79 Å². The first-order valence-electron chi connectivity index (χ1n) is 6.59. The van der Waals surface area contributed by atoms with Gasteiger partial charge in [0.2, 0.25) is 0 Å². The Bertz CT molecular complexity index is 432. The highest BCUT2D eigenvalue weighted by molar-refractivity contribution is 5.91. The van der Waals surface area contributed by atoms with Crippen LogP contribution in [-0.4, -0.2) is 12.1 Å². The second-order valence-electron chi connectivity index (χ2n) is 6.17. The van der Waals surface area contributed by atoms with Crippen LogP contribution in [0.1, 0.15) is 46.0 Å². The summed E-state index contributed by atoms with van der Waals surface area (Å²) in [5, 5.41) is 0. The molecule has 3 rings (SSSR count). The summed E-state index contributed by atoms with van der Waals surface area (Å²) in [4.78, 5) is 11.6. The molecule has 2 fully saturated rings. The summed E-state index contributed by atoms with van der Waals surface area (Å²) in [6.07, 6.45) is 5.70. The number of esters is 1. The van der Waals surface area contributed by atoms with Gasteiger partial charge in [-0.25, -0.2) is 4.79 Å². The van der Waals surface area contributed by atoms with Crippen LogP contribution in [0.3, 0.4) is 0 Å². The Morgan fingerprint density at radius 3 is 3.00 bits per heavy atom. The average Bonchev–Trinajstić information content (AvgIpc) is 2.52. The van der Waals surface area contributed by atoms with Gasteiger partial charge in [-0.2, -0.15) is 0 Å². The standard InChI is InChI=1S/C15H20O2/c1-9-5-4-6-15(3)8-13-11(7-12(9)15)10(2)14(16)17-13/h12-13H,1,4-8H2,2-3H3/t12-,13-,15-/m1/s1. The molecule has 2 heteroatoms. The molecule has 0 N–H and O–H groups in total. The molecule has 0 radical (unpaired) electrons. The highest BCUT2D eigenvalue weighted by Gasteiger charge is 2.49. The third-order valence-electron chi connectivity index (χ3n) is 5.08. The molecular formula is C15H20O2. The molecule has 0 aromatic heterocycles. The maximum absolute atomic E-state index is 11.6. The number of hydrogen-bond donors (Lipinski definition) is 0. The molecule has 1 heterocycles. The highest BCUT2D eigenvalue weighted by atomic mass is 16.5. The number of rotatable bonds is 0. The van der Waals surface area contributed by atoms with Gasteiger partial charge in [-0.3, -0.25) is 0 Å². The topological polar surface area (TPSA) is 26.3 Å². The van der Waals surface area contributed by atoms with Crippen molar-refractivity contribution in [3.05, 3.63) is 23.3 Å². The first kappa shape index (κ1) is 11.1. The van der Waals surface area contributed by atoms with Crippen LogP contribution in [0, 0.1) is 11.3 Å². The van der Waals surface area contributed by atoms with Crippen LogP contribution in [0.25, 0.3) is 0 Å². The number of hydrogen-bond acceptors (Lipinski definition) is 2. The third kappa shape index (κ3) is 1.50. The summed E-state index contributed by atoms with van der Waals surface area (Å²) in [6, 6.07) is 0. The van der Waals surface area contributed by atoms with E-state index in [0.29, 0.717) is 11.3 Å². The van der Waals surface area contributed by atoms with Crippen molar-refractivity contribution in [2.75, 3.05) is 0 Å². The normalized spacial score (nSPS) is 41.1. The van der Waals surface area contributed by atoms with Gasteiger partial charge < -0.3 is 4.74 Å². The molecule has 0 saturated heterocycles. The molecule has 2 nitrogen and oxygen atoms in total. The fourth-order valence-corrected chi connectivity index (χ4v) is 3.95. The summed E-state index contributed by atoms with van der Waals surface area (Å²) in [6.45, 7) is 8.51. The molecule has 0 amide bonds. The van der Waals surface area contributed by atoms with E-state index in [2.05, 4.69) is 13.5 Å². The maximum Gasteiger partial charge on any atom is 0.334 e. The molecule has 17 heavy (non-hydrogen) atoms. The Kier molecular flexibility index (Phi) is 2.26. The van der Waals surface area contributed by atoms with Crippen molar-refractivity contribution in [3.8, 4) is 0 Å². The largest absolute Gasteiger partial charge is 0.454 e. The molecule has 0 unspecified atom stereocenters. The number of ether oxygens (including phenoxy) is 1. The smallest absolute Gasteiger partial charge is 0.334 e. The number of allylic oxidation sites excluding steroid dienone is 1. The summed E-state index contributed by atoms with van der Waals surface area (Å²) in [5.74, 6) is 0.463. The van der Waals surface area contributed by atoms with E-state index in [0.717, 1.165) is 24.8 Å². The monoisotopic (exact) mass is 232 g/mol. The third-order valence-corrected chi connectivity index (χ3v) is 5.08. The zero-order chi connectivity index (χ0) is 12.2. The predicted molar refractivity (Wildman–Crippen MR) is 66.4 cm³/mol. The van der Waals surface area contributed by atoms with Crippen LogP contribution in [0.4, 0.5) is 0 Å². The van der Waals surface area contributed by atoms with E-state index in [1.165, 1.54) is 24.0 Å². The quantitative estimate of drug-likeness (QED) is 0.472. The van der Waals surface area contributed by atoms with E-state index in [4.69, 9.17) is 4.74 Å². The van der Waals surface area contributed by atoms with Crippen LogP contribution >= 0.6 is 0 Å². The van der Waals surface area contributed by atoms with Crippen molar-refractivity contribution in [1.29, 1.82) is 0 Å². The lowest BCUT2D eigenvalue weighted by atomic mass is 9.57. The van der Waals surface area contributed by atoms with Crippen molar-refractivity contribution in [3.63, 3.8) is 0 Å². The van der Waals surface area contributed by atoms with Crippen LogP contribution < -0.4 is 0 Å². The molecule has 2 aliphatic carbocycles. The molecule has 0 bridgehead atoms. The van der Waals surface area contributed by atoms with Crippen LogP contribution in [0.5, 0.6) is 0 Å². The predicted octanol–water partition coefficient (Wildman–Crippen LogP) is 3.38. The van der Waals surface area contributed by atoms with Gasteiger partial charge in [0.25, 0.3) is 0 Å². The summed E-state index contributed by atoms with van der Waals surface area (Å²) >= 11 is 0. The Labute approximate surface area is 103 Å². The molecule has 0 aromatic carbocycles. The minimum atomic E-state index is -0.0992. The first-order chi connectivity index (χ1) is 8.01. The highest BCUT2D eigenvalue weighted by Crippen LogP contribution is 2.55. The van der Waals surface area contributed by atoms with Crippen molar-refractivity contribution < 1.29 is 9.53 Å². The van der Waals surface area contributed by atoms with Gasteiger partial charge in [-0.15, -0.1) is 0 Å². The molecule has 92 valence electrons. The summed E-state index contributed by atoms with van der Waals surface area (Å²) < 4.78 is 5.48. The minimum Gasteiger partial charge on any atom is -0.454 e. The van der Waals surface area contributed by atoms with Gasteiger partial charge in [-0.1, -0.05) is 19.1 Å². The fraction of sp³-hybridized carbons (Fsp3) is 0.667. The maximum atomic E-state index is 11.6. The lowest BCUT2D eigenvalue weighted by molar-refractivity contribution is -0.141. The van der Waals surface area contributed by atoms with Crippen LogP contribution in [-0.2, 0) is 9.53 Å². The van der Waals surface area contributed by atoms with Gasteiger partial charge in [-0.05, 0) is 55.9 Å². The molecule has 3 aliphatic rings. The van der Waals surface area contributed by atoms with Gasteiger partial charge in [0.1, 0.15) is 6.10 Å². The second kappa shape index (κ2) is 3.47. The van der Waals surface area contributed by atoms with Gasteiger partial charge in [0.05, 0.1) is 0 Å². The van der Waals surface area contributed by atoms with Gasteiger partial charge in [0, 0.05) is 5.57 Å². The molecule has 0 aromatic rings. The van der Waals surface area contributed by atoms with Crippen molar-refractivity contribution in [2.45, 2.75) is 52.1 Å². The molecular weight excluding hydrogens is 212 g/mol. The van der Waals surface area contributed by atoms with Crippen molar-refractivity contribution in [1.82, 2.24) is 0 Å². The Morgan fingerprint density at radius 2 is 2.24 bits per heavy atom. The number of carbonyl (C=O) groups is 1. The Balaban J connectivity index is 1.97. The average molecular weight is 232 g/mol. The van der Waals surface area contributed by atoms with Crippen molar-refractivity contribution >= 4 is 5.97 Å². The number of carbonyl (C=O) groups excluding carboxylic acids is 1. The molecule has 1 aliphatic heterocycles.